The third-order valence-corrected chi connectivity index (χ3v) is 3.15. The van der Waals surface area contributed by atoms with Crippen LogP contribution >= 0.6 is 0 Å². The van der Waals surface area contributed by atoms with Crippen LogP contribution in [-0.4, -0.2) is 25.6 Å². The molecular weight excluding hydrogens is 281 g/mol. The lowest BCUT2D eigenvalue weighted by Gasteiger charge is -2.11. The average Bonchev–Trinajstić information content (AvgIpc) is 3.01. The van der Waals surface area contributed by atoms with Crippen molar-refractivity contribution in [1.82, 2.24) is 10.6 Å². The molecule has 1 heterocycles. The summed E-state index contributed by atoms with van der Waals surface area (Å²) in [5, 5.41) is 6.45. The lowest BCUT2D eigenvalue weighted by atomic mass is 10.1. The Balaban J connectivity index is 1.77. The number of halogens is 1. The van der Waals surface area contributed by atoms with Crippen LogP contribution in [0, 0.1) is 5.82 Å². The molecule has 22 heavy (non-hydrogen) atoms. The van der Waals surface area contributed by atoms with E-state index in [1.165, 1.54) is 6.07 Å². The van der Waals surface area contributed by atoms with Crippen LogP contribution in [0.25, 0.3) is 0 Å². The largest absolute Gasteiger partial charge is 0.469 e. The molecule has 0 aliphatic carbocycles. The summed E-state index contributed by atoms with van der Waals surface area (Å²) in [5.74, 6) is 1.50. The van der Waals surface area contributed by atoms with E-state index in [-0.39, 0.29) is 5.82 Å². The standard InChI is InChI=1S/C17H22FN3O/c1-2-19-17(21-11-9-16-7-4-12-22-16)20-10-8-14-5-3-6-15(18)13-14/h3-7,12-13H,2,8-11H2,1H3,(H2,19,20,21). The van der Waals surface area contributed by atoms with Crippen molar-refractivity contribution in [3.8, 4) is 0 Å². The van der Waals surface area contributed by atoms with Crippen molar-refractivity contribution in [2.24, 2.45) is 4.99 Å². The van der Waals surface area contributed by atoms with Crippen molar-refractivity contribution in [1.29, 1.82) is 0 Å². The minimum atomic E-state index is -0.198. The van der Waals surface area contributed by atoms with Gasteiger partial charge in [-0.05, 0) is 43.2 Å². The Bertz CT molecular complexity index is 581. The van der Waals surface area contributed by atoms with E-state index in [1.54, 1.807) is 18.4 Å². The molecular formula is C17H22FN3O. The first kappa shape index (κ1) is 16.1. The van der Waals surface area contributed by atoms with Crippen LogP contribution in [-0.2, 0) is 12.8 Å². The predicted octanol–water partition coefficient (Wildman–Crippen LogP) is 2.76. The van der Waals surface area contributed by atoms with Crippen LogP contribution in [0.5, 0.6) is 0 Å². The molecule has 2 aromatic rings. The molecule has 0 saturated carbocycles. The first-order valence-electron chi connectivity index (χ1n) is 7.57. The number of rotatable bonds is 7. The molecule has 0 fully saturated rings. The van der Waals surface area contributed by atoms with Gasteiger partial charge in [0.05, 0.1) is 6.26 Å². The van der Waals surface area contributed by atoms with E-state index >= 15 is 0 Å². The minimum Gasteiger partial charge on any atom is -0.469 e. The second-order valence-corrected chi connectivity index (χ2v) is 4.90. The van der Waals surface area contributed by atoms with Gasteiger partial charge in [-0.3, -0.25) is 4.99 Å². The lowest BCUT2D eigenvalue weighted by Crippen LogP contribution is -2.38. The average molecular weight is 303 g/mol. The van der Waals surface area contributed by atoms with Gasteiger partial charge in [0.1, 0.15) is 11.6 Å². The predicted molar refractivity (Wildman–Crippen MR) is 86.5 cm³/mol. The highest BCUT2D eigenvalue weighted by molar-refractivity contribution is 5.79. The Kier molecular flexibility index (Phi) is 6.48. The Hall–Kier alpha value is -2.30. The van der Waals surface area contributed by atoms with Gasteiger partial charge in [-0.25, -0.2) is 4.39 Å². The molecule has 0 unspecified atom stereocenters. The molecule has 2 rings (SSSR count). The molecule has 0 atom stereocenters. The van der Waals surface area contributed by atoms with E-state index in [9.17, 15) is 4.39 Å². The van der Waals surface area contributed by atoms with Crippen LogP contribution in [0.4, 0.5) is 4.39 Å². The van der Waals surface area contributed by atoms with Crippen LogP contribution < -0.4 is 10.6 Å². The zero-order chi connectivity index (χ0) is 15.6. The second-order valence-electron chi connectivity index (χ2n) is 4.90. The molecule has 0 bridgehead atoms. The maximum absolute atomic E-state index is 13.1. The summed E-state index contributed by atoms with van der Waals surface area (Å²) in [5.41, 5.74) is 0.971. The number of benzene rings is 1. The summed E-state index contributed by atoms with van der Waals surface area (Å²) in [7, 11) is 0. The molecule has 0 saturated heterocycles. The third-order valence-electron chi connectivity index (χ3n) is 3.15. The quantitative estimate of drug-likeness (QED) is 0.611. The Morgan fingerprint density at radius 1 is 1.18 bits per heavy atom. The number of furan rings is 1. The maximum Gasteiger partial charge on any atom is 0.191 e. The van der Waals surface area contributed by atoms with Crippen molar-refractivity contribution in [3.63, 3.8) is 0 Å². The summed E-state index contributed by atoms with van der Waals surface area (Å²) < 4.78 is 18.4. The van der Waals surface area contributed by atoms with Gasteiger partial charge in [-0.15, -0.1) is 0 Å². The first-order valence-corrected chi connectivity index (χ1v) is 7.57. The molecule has 1 aromatic heterocycles. The van der Waals surface area contributed by atoms with Gasteiger partial charge in [0.25, 0.3) is 0 Å². The van der Waals surface area contributed by atoms with Crippen LogP contribution in [0.15, 0.2) is 52.1 Å². The van der Waals surface area contributed by atoms with Gasteiger partial charge in [-0.1, -0.05) is 12.1 Å². The van der Waals surface area contributed by atoms with Crippen molar-refractivity contribution in [2.45, 2.75) is 19.8 Å². The highest BCUT2D eigenvalue weighted by Gasteiger charge is 2.00. The van der Waals surface area contributed by atoms with Crippen molar-refractivity contribution >= 4 is 5.96 Å². The Labute approximate surface area is 130 Å². The summed E-state index contributed by atoms with van der Waals surface area (Å²) in [4.78, 5) is 4.50. The van der Waals surface area contributed by atoms with Gasteiger partial charge < -0.3 is 15.1 Å². The van der Waals surface area contributed by atoms with Crippen molar-refractivity contribution in [3.05, 3.63) is 59.8 Å². The summed E-state index contributed by atoms with van der Waals surface area (Å²) >= 11 is 0. The summed E-state index contributed by atoms with van der Waals surface area (Å²) in [6.45, 7) is 4.18. The van der Waals surface area contributed by atoms with Crippen LogP contribution in [0.2, 0.25) is 0 Å². The number of hydrogen-bond acceptors (Lipinski definition) is 2. The number of hydrogen-bond donors (Lipinski definition) is 2. The fourth-order valence-electron chi connectivity index (χ4n) is 2.09. The van der Waals surface area contributed by atoms with E-state index in [0.29, 0.717) is 13.1 Å². The van der Waals surface area contributed by atoms with Crippen LogP contribution in [0.3, 0.4) is 0 Å². The lowest BCUT2D eigenvalue weighted by molar-refractivity contribution is 0.510. The van der Waals surface area contributed by atoms with Crippen LogP contribution in [0.1, 0.15) is 18.2 Å². The molecule has 4 nitrogen and oxygen atoms in total. The highest BCUT2D eigenvalue weighted by atomic mass is 19.1. The van der Waals surface area contributed by atoms with E-state index < -0.39 is 0 Å². The van der Waals surface area contributed by atoms with Gasteiger partial charge in [0, 0.05) is 26.1 Å². The number of nitrogens with zero attached hydrogens (tertiary/aromatic N) is 1. The van der Waals surface area contributed by atoms with Gasteiger partial charge in [-0.2, -0.15) is 0 Å². The van der Waals surface area contributed by atoms with Gasteiger partial charge >= 0.3 is 0 Å². The first-order chi connectivity index (χ1) is 10.8. The molecule has 5 heteroatoms. The maximum atomic E-state index is 13.1. The Morgan fingerprint density at radius 3 is 2.82 bits per heavy atom. The molecule has 1 aromatic carbocycles. The van der Waals surface area contributed by atoms with Gasteiger partial charge in [0.2, 0.25) is 0 Å². The molecule has 0 amide bonds. The smallest absolute Gasteiger partial charge is 0.191 e. The SMILES string of the molecule is CCNC(=NCCc1ccco1)NCCc1cccc(F)c1. The fraction of sp³-hybridized carbons (Fsp3) is 0.353. The minimum absolute atomic E-state index is 0.198. The molecule has 0 aliphatic heterocycles. The second kappa shape index (κ2) is 8.87. The van der Waals surface area contributed by atoms with E-state index in [0.717, 1.165) is 36.7 Å². The Morgan fingerprint density at radius 2 is 2.09 bits per heavy atom. The third kappa shape index (κ3) is 5.60. The van der Waals surface area contributed by atoms with Crippen molar-refractivity contribution < 1.29 is 8.81 Å². The van der Waals surface area contributed by atoms with E-state index in [2.05, 4.69) is 15.6 Å². The molecule has 0 radical (unpaired) electrons. The number of aliphatic imine (C=N–C) groups is 1. The number of nitrogens with one attached hydrogen (secondary N) is 2. The fourth-order valence-corrected chi connectivity index (χ4v) is 2.09. The van der Waals surface area contributed by atoms with Crippen molar-refractivity contribution in [2.75, 3.05) is 19.6 Å². The topological polar surface area (TPSA) is 49.6 Å². The zero-order valence-corrected chi connectivity index (χ0v) is 12.8. The normalized spacial score (nSPS) is 11.5. The molecule has 2 N–H and O–H groups in total. The summed E-state index contributed by atoms with van der Waals surface area (Å²) in [6.07, 6.45) is 3.19. The van der Waals surface area contributed by atoms with Gasteiger partial charge in [0.15, 0.2) is 5.96 Å². The zero-order valence-electron chi connectivity index (χ0n) is 12.8. The molecule has 118 valence electrons. The molecule has 0 spiro atoms. The monoisotopic (exact) mass is 303 g/mol. The summed E-state index contributed by atoms with van der Waals surface area (Å²) in [6, 6.07) is 10.5. The highest BCUT2D eigenvalue weighted by Crippen LogP contribution is 2.03. The molecule has 0 aliphatic rings. The number of guanidine groups is 1. The van der Waals surface area contributed by atoms with E-state index in [1.807, 2.05) is 25.1 Å². The van der Waals surface area contributed by atoms with E-state index in [4.69, 9.17) is 4.42 Å².